The first kappa shape index (κ1) is 34.9. The molecule has 3 aromatic carbocycles. The van der Waals surface area contributed by atoms with Gasteiger partial charge in [0.05, 0.1) is 17.0 Å². The number of ether oxygens (including phenoxy) is 4. The second kappa shape index (κ2) is 14.2. The van der Waals surface area contributed by atoms with Crippen molar-refractivity contribution in [3.8, 4) is 17.2 Å². The van der Waals surface area contributed by atoms with E-state index in [9.17, 15) is 27.1 Å². The number of carbonyl (C=O) groups excluding carboxylic acids is 1. The highest BCUT2D eigenvalue weighted by Crippen LogP contribution is 2.42. The number of aliphatic hydroxyl groups excluding tert-OH is 1. The third-order valence-corrected chi connectivity index (χ3v) is 8.59. The molecule has 1 amide bonds. The number of alkyl halides is 2. The predicted molar refractivity (Wildman–Crippen MR) is 166 cm³/mol. The van der Waals surface area contributed by atoms with Crippen LogP contribution >= 0.6 is 0 Å². The molecule has 4 rings (SSSR count). The lowest BCUT2D eigenvalue weighted by molar-refractivity contribution is -0.286. The number of fused-ring (bicyclic) bond motifs is 1. The molecule has 0 aromatic heterocycles. The highest BCUT2D eigenvalue weighted by atomic mass is 32.2. The Morgan fingerprint density at radius 3 is 2.24 bits per heavy atom. The first-order valence-electron chi connectivity index (χ1n) is 14.8. The molecule has 0 radical (unpaired) electrons. The van der Waals surface area contributed by atoms with Crippen molar-refractivity contribution in [1.29, 1.82) is 0 Å². The van der Waals surface area contributed by atoms with Crippen molar-refractivity contribution in [2.45, 2.75) is 76.6 Å². The molecule has 250 valence electrons. The van der Waals surface area contributed by atoms with E-state index in [0.29, 0.717) is 12.4 Å². The number of nitrogens with one attached hydrogen (secondary N) is 1. The SMILES string of the molecule is CC(C)CN(CC(O)C(Cc1ccc(OCc2ccccc2)cc1)NC(=O)OC(C)(C)C)S(=O)(=O)c1ccc2c(c1)OC(F)(F)O2. The first-order chi connectivity index (χ1) is 21.5. The summed E-state index contributed by atoms with van der Waals surface area (Å²) in [5.74, 6) is -0.254. The first-order valence-corrected chi connectivity index (χ1v) is 16.3. The van der Waals surface area contributed by atoms with E-state index < -0.39 is 52.5 Å². The van der Waals surface area contributed by atoms with E-state index in [1.807, 2.05) is 30.3 Å². The lowest BCUT2D eigenvalue weighted by atomic mass is 10.0. The zero-order valence-corrected chi connectivity index (χ0v) is 27.2. The number of hydrogen-bond donors (Lipinski definition) is 2. The lowest BCUT2D eigenvalue weighted by Crippen LogP contribution is -2.51. The number of halogens is 2. The number of nitrogens with zero attached hydrogens (tertiary/aromatic N) is 1. The Kier molecular flexibility index (Phi) is 10.8. The topological polar surface area (TPSA) is 124 Å². The molecule has 1 aliphatic heterocycles. The van der Waals surface area contributed by atoms with Crippen LogP contribution in [0.3, 0.4) is 0 Å². The highest BCUT2D eigenvalue weighted by molar-refractivity contribution is 7.89. The summed E-state index contributed by atoms with van der Waals surface area (Å²) >= 11 is 0. The largest absolute Gasteiger partial charge is 0.586 e. The van der Waals surface area contributed by atoms with Gasteiger partial charge in [-0.2, -0.15) is 4.31 Å². The van der Waals surface area contributed by atoms with Crippen LogP contribution in [-0.2, 0) is 27.8 Å². The Bertz CT molecular complexity index is 1580. The van der Waals surface area contributed by atoms with E-state index in [0.717, 1.165) is 33.6 Å². The number of benzene rings is 3. The molecule has 10 nitrogen and oxygen atoms in total. The van der Waals surface area contributed by atoms with Crippen LogP contribution in [-0.4, -0.2) is 61.1 Å². The number of alkyl carbamates (subject to hydrolysis) is 1. The molecular formula is C33H40F2N2O8S. The molecule has 2 atom stereocenters. The minimum atomic E-state index is -4.32. The van der Waals surface area contributed by atoms with Crippen molar-refractivity contribution >= 4 is 16.1 Å². The summed E-state index contributed by atoms with van der Waals surface area (Å²) in [6.07, 6.45) is -5.96. The molecule has 1 aliphatic rings. The van der Waals surface area contributed by atoms with Gasteiger partial charge in [-0.1, -0.05) is 56.3 Å². The fraction of sp³-hybridized carbons (Fsp3) is 0.424. The van der Waals surface area contributed by atoms with Crippen molar-refractivity contribution in [2.24, 2.45) is 5.92 Å². The van der Waals surface area contributed by atoms with Crippen LogP contribution in [0.5, 0.6) is 17.2 Å². The van der Waals surface area contributed by atoms with Gasteiger partial charge in [-0.05, 0) is 68.5 Å². The smallest absolute Gasteiger partial charge is 0.489 e. The summed E-state index contributed by atoms with van der Waals surface area (Å²) in [7, 11) is -4.32. The number of amides is 1. The lowest BCUT2D eigenvalue weighted by Gasteiger charge is -2.31. The van der Waals surface area contributed by atoms with Gasteiger partial charge in [-0.25, -0.2) is 13.2 Å². The van der Waals surface area contributed by atoms with Crippen molar-refractivity contribution in [3.05, 3.63) is 83.9 Å². The Morgan fingerprint density at radius 1 is 0.957 bits per heavy atom. The van der Waals surface area contributed by atoms with Crippen molar-refractivity contribution in [3.63, 3.8) is 0 Å². The zero-order chi connectivity index (χ0) is 33.7. The average Bonchev–Trinajstić information content (AvgIpc) is 3.28. The average molecular weight is 663 g/mol. The standard InChI is InChI=1S/C33H40F2N2O8S/c1-22(2)19-37(46(40,41)26-15-16-29-30(18-26)44-33(34,35)43-29)20-28(38)27(36-31(39)45-32(3,4)5)17-23-11-13-25(14-12-23)42-21-24-9-7-6-8-10-24/h6-16,18,22,27-28,38H,17,19-21H2,1-5H3,(H,36,39). The van der Waals surface area contributed by atoms with Crippen molar-refractivity contribution in [1.82, 2.24) is 9.62 Å². The second-order valence-electron chi connectivity index (χ2n) is 12.4. The van der Waals surface area contributed by atoms with Gasteiger partial charge in [0.15, 0.2) is 11.5 Å². The summed E-state index contributed by atoms with van der Waals surface area (Å²) in [5.41, 5.74) is 0.929. The van der Waals surface area contributed by atoms with Gasteiger partial charge >= 0.3 is 12.4 Å². The molecule has 13 heteroatoms. The van der Waals surface area contributed by atoms with Gasteiger partial charge < -0.3 is 29.4 Å². The molecular weight excluding hydrogens is 622 g/mol. The van der Waals surface area contributed by atoms with Crippen LogP contribution in [0.1, 0.15) is 45.7 Å². The Morgan fingerprint density at radius 2 is 1.61 bits per heavy atom. The van der Waals surface area contributed by atoms with E-state index >= 15 is 0 Å². The fourth-order valence-electron chi connectivity index (χ4n) is 4.71. The number of rotatable bonds is 13. The van der Waals surface area contributed by atoms with Gasteiger partial charge in [0, 0.05) is 19.2 Å². The van der Waals surface area contributed by atoms with E-state index in [1.54, 1.807) is 58.9 Å². The number of sulfonamides is 1. The monoisotopic (exact) mass is 662 g/mol. The van der Waals surface area contributed by atoms with E-state index in [2.05, 4.69) is 14.8 Å². The van der Waals surface area contributed by atoms with Gasteiger partial charge in [-0.15, -0.1) is 8.78 Å². The Labute approximate surface area is 268 Å². The van der Waals surface area contributed by atoms with Crippen LogP contribution in [0.4, 0.5) is 13.6 Å². The summed E-state index contributed by atoms with van der Waals surface area (Å²) in [6, 6.07) is 19.0. The van der Waals surface area contributed by atoms with Crippen LogP contribution in [0.25, 0.3) is 0 Å². The summed E-state index contributed by atoms with van der Waals surface area (Å²) in [4.78, 5) is 12.5. The summed E-state index contributed by atoms with van der Waals surface area (Å²) in [5, 5.41) is 14.1. The van der Waals surface area contributed by atoms with E-state index in [1.165, 1.54) is 0 Å². The van der Waals surface area contributed by atoms with E-state index in [-0.39, 0.29) is 29.5 Å². The molecule has 0 bridgehead atoms. The van der Waals surface area contributed by atoms with Gasteiger partial charge in [0.2, 0.25) is 10.0 Å². The van der Waals surface area contributed by atoms with Crippen molar-refractivity contribution in [2.75, 3.05) is 13.1 Å². The molecule has 2 unspecified atom stereocenters. The normalized spacial score (nSPS) is 15.4. The highest BCUT2D eigenvalue weighted by Gasteiger charge is 2.44. The summed E-state index contributed by atoms with van der Waals surface area (Å²) < 4.78 is 75.9. The molecule has 0 saturated heterocycles. The van der Waals surface area contributed by atoms with Gasteiger partial charge in [0.1, 0.15) is 18.0 Å². The maximum atomic E-state index is 13.8. The fourth-order valence-corrected chi connectivity index (χ4v) is 6.35. The minimum Gasteiger partial charge on any atom is -0.489 e. The third kappa shape index (κ3) is 9.78. The molecule has 46 heavy (non-hydrogen) atoms. The summed E-state index contributed by atoms with van der Waals surface area (Å²) in [6.45, 7) is 8.66. The number of hydrogen-bond acceptors (Lipinski definition) is 8. The molecule has 0 fully saturated rings. The maximum Gasteiger partial charge on any atom is 0.586 e. The number of carbonyl (C=O) groups is 1. The van der Waals surface area contributed by atoms with Crippen LogP contribution < -0.4 is 19.5 Å². The molecule has 2 N–H and O–H groups in total. The van der Waals surface area contributed by atoms with Crippen molar-refractivity contribution < 1.29 is 46.0 Å². The third-order valence-electron chi connectivity index (χ3n) is 6.76. The van der Waals surface area contributed by atoms with Crippen LogP contribution in [0, 0.1) is 5.92 Å². The molecule has 0 spiro atoms. The minimum absolute atomic E-state index is 0.00337. The zero-order valence-electron chi connectivity index (χ0n) is 26.4. The molecule has 3 aromatic rings. The molecule has 0 aliphatic carbocycles. The quantitative estimate of drug-likeness (QED) is 0.238. The molecule has 0 saturated carbocycles. The molecule has 1 heterocycles. The van der Waals surface area contributed by atoms with Gasteiger partial charge in [-0.3, -0.25) is 0 Å². The Balaban J connectivity index is 1.53. The van der Waals surface area contributed by atoms with E-state index in [4.69, 9.17) is 9.47 Å². The Hall–Kier alpha value is -3.94. The van der Waals surface area contributed by atoms with Gasteiger partial charge in [0.25, 0.3) is 0 Å². The maximum absolute atomic E-state index is 13.8. The number of aliphatic hydroxyl groups is 1. The van der Waals surface area contributed by atoms with Crippen LogP contribution in [0.2, 0.25) is 0 Å². The predicted octanol–water partition coefficient (Wildman–Crippen LogP) is 5.73. The van der Waals surface area contributed by atoms with Crippen LogP contribution in [0.15, 0.2) is 77.7 Å². The second-order valence-corrected chi connectivity index (χ2v) is 14.4.